The van der Waals surface area contributed by atoms with Gasteiger partial charge in [-0.25, -0.2) is 5.43 Å². The molecule has 0 saturated carbocycles. The summed E-state index contributed by atoms with van der Waals surface area (Å²) in [4.78, 5) is 11.8. The lowest BCUT2D eigenvalue weighted by Crippen LogP contribution is -2.18. The van der Waals surface area contributed by atoms with Crippen LogP contribution in [0.4, 0.5) is 0 Å². The van der Waals surface area contributed by atoms with Gasteiger partial charge in [0.15, 0.2) is 0 Å². The third-order valence-corrected chi connectivity index (χ3v) is 4.09. The predicted octanol–water partition coefficient (Wildman–Crippen LogP) is 3.42. The summed E-state index contributed by atoms with van der Waals surface area (Å²) >= 11 is 11.9. The number of aromatic nitrogens is 2. The van der Waals surface area contributed by atoms with Gasteiger partial charge in [0.1, 0.15) is 0 Å². The van der Waals surface area contributed by atoms with E-state index >= 15 is 0 Å². The van der Waals surface area contributed by atoms with E-state index in [9.17, 15) is 4.79 Å². The van der Waals surface area contributed by atoms with Gasteiger partial charge in [0.2, 0.25) is 5.91 Å². The molecule has 1 heterocycles. The van der Waals surface area contributed by atoms with E-state index in [2.05, 4.69) is 20.7 Å². The van der Waals surface area contributed by atoms with Gasteiger partial charge < -0.3 is 0 Å². The zero-order valence-corrected chi connectivity index (χ0v) is 13.8. The van der Waals surface area contributed by atoms with Crippen LogP contribution in [0.5, 0.6) is 0 Å². The lowest BCUT2D eigenvalue weighted by atomic mass is 10.1. The van der Waals surface area contributed by atoms with Crippen molar-refractivity contribution in [2.45, 2.75) is 26.7 Å². The van der Waals surface area contributed by atoms with E-state index in [-0.39, 0.29) is 5.91 Å². The fourth-order valence-corrected chi connectivity index (χ4v) is 2.39. The Morgan fingerprint density at radius 1 is 1.41 bits per heavy atom. The maximum atomic E-state index is 11.8. The number of aryl methyl sites for hydroxylation is 2. The first kappa shape index (κ1) is 16.5. The summed E-state index contributed by atoms with van der Waals surface area (Å²) in [7, 11) is 0. The average molecular weight is 339 g/mol. The molecule has 0 aliphatic heterocycles. The molecule has 0 unspecified atom stereocenters. The van der Waals surface area contributed by atoms with Crippen molar-refractivity contribution < 1.29 is 4.79 Å². The molecule has 1 aromatic carbocycles. The van der Waals surface area contributed by atoms with Crippen molar-refractivity contribution in [1.82, 2.24) is 15.6 Å². The van der Waals surface area contributed by atoms with Gasteiger partial charge in [0.25, 0.3) is 0 Å². The number of benzene rings is 1. The maximum absolute atomic E-state index is 11.8. The van der Waals surface area contributed by atoms with Crippen LogP contribution in [0.1, 0.15) is 28.9 Å². The Kier molecular flexibility index (Phi) is 5.57. The average Bonchev–Trinajstić information content (AvgIpc) is 2.80. The first-order valence-corrected chi connectivity index (χ1v) is 7.51. The number of H-pyrrole nitrogens is 1. The summed E-state index contributed by atoms with van der Waals surface area (Å²) in [5, 5.41) is 11.8. The van der Waals surface area contributed by atoms with Crippen LogP contribution < -0.4 is 5.43 Å². The zero-order chi connectivity index (χ0) is 16.1. The van der Waals surface area contributed by atoms with Crippen LogP contribution in [0.2, 0.25) is 10.0 Å². The molecule has 0 atom stereocenters. The first-order chi connectivity index (χ1) is 10.5. The Labute approximate surface area is 138 Å². The van der Waals surface area contributed by atoms with Crippen LogP contribution in [0.15, 0.2) is 23.3 Å². The number of aromatic amines is 1. The molecule has 1 aromatic heterocycles. The second-order valence-corrected chi connectivity index (χ2v) is 5.63. The molecule has 0 spiro atoms. The summed E-state index contributed by atoms with van der Waals surface area (Å²) in [6.45, 7) is 3.85. The Hall–Kier alpha value is -1.85. The van der Waals surface area contributed by atoms with E-state index in [0.29, 0.717) is 28.5 Å². The highest BCUT2D eigenvalue weighted by molar-refractivity contribution is 6.43. The van der Waals surface area contributed by atoms with Crippen molar-refractivity contribution in [1.29, 1.82) is 0 Å². The highest BCUT2D eigenvalue weighted by Gasteiger charge is 2.08. The van der Waals surface area contributed by atoms with Crippen LogP contribution in [0, 0.1) is 13.8 Å². The van der Waals surface area contributed by atoms with Gasteiger partial charge >= 0.3 is 0 Å². The number of hydrazone groups is 1. The third-order valence-electron chi connectivity index (χ3n) is 3.26. The van der Waals surface area contributed by atoms with Crippen molar-refractivity contribution in [3.05, 3.63) is 50.8 Å². The molecule has 116 valence electrons. The SMILES string of the molecule is Cc1n[nH]c(C)c1CCC(=O)N/N=C/c1cccc(Cl)c1Cl. The van der Waals surface area contributed by atoms with Crippen molar-refractivity contribution in [3.8, 4) is 0 Å². The summed E-state index contributed by atoms with van der Waals surface area (Å²) in [6.07, 6.45) is 2.43. The van der Waals surface area contributed by atoms with Gasteiger partial charge in [-0.15, -0.1) is 0 Å². The molecular weight excluding hydrogens is 323 g/mol. The van der Waals surface area contributed by atoms with Crippen LogP contribution in [-0.2, 0) is 11.2 Å². The fraction of sp³-hybridized carbons (Fsp3) is 0.267. The highest BCUT2D eigenvalue weighted by Crippen LogP contribution is 2.24. The van der Waals surface area contributed by atoms with Crippen LogP contribution >= 0.6 is 23.2 Å². The summed E-state index contributed by atoms with van der Waals surface area (Å²) < 4.78 is 0. The highest BCUT2D eigenvalue weighted by atomic mass is 35.5. The van der Waals surface area contributed by atoms with Crippen molar-refractivity contribution >= 4 is 35.3 Å². The molecule has 0 fully saturated rings. The van der Waals surface area contributed by atoms with Gasteiger partial charge in [-0.3, -0.25) is 9.89 Å². The quantitative estimate of drug-likeness (QED) is 0.647. The minimum Gasteiger partial charge on any atom is -0.282 e. The van der Waals surface area contributed by atoms with E-state index in [1.165, 1.54) is 6.21 Å². The van der Waals surface area contributed by atoms with Crippen molar-refractivity contribution in [2.24, 2.45) is 5.10 Å². The standard InChI is InChI=1S/C15H16Cl2N4O/c1-9-12(10(2)20-19-9)6-7-14(22)21-18-8-11-4-3-5-13(16)15(11)17/h3-5,8H,6-7H2,1-2H3,(H,19,20)(H,21,22)/b18-8+. The lowest BCUT2D eigenvalue weighted by Gasteiger charge is -2.02. The Bertz CT molecular complexity index is 690. The molecule has 0 aliphatic carbocycles. The van der Waals surface area contributed by atoms with Gasteiger partial charge in [-0.2, -0.15) is 10.2 Å². The molecular formula is C15H16Cl2N4O. The molecule has 2 rings (SSSR count). The van der Waals surface area contributed by atoms with E-state index in [4.69, 9.17) is 23.2 Å². The topological polar surface area (TPSA) is 70.1 Å². The minimum absolute atomic E-state index is 0.172. The molecule has 1 amide bonds. The van der Waals surface area contributed by atoms with Crippen LogP contribution in [0.3, 0.4) is 0 Å². The van der Waals surface area contributed by atoms with E-state index in [0.717, 1.165) is 17.0 Å². The largest absolute Gasteiger partial charge is 0.282 e. The van der Waals surface area contributed by atoms with Crippen LogP contribution in [0.25, 0.3) is 0 Å². The number of hydrogen-bond acceptors (Lipinski definition) is 3. The molecule has 2 N–H and O–H groups in total. The van der Waals surface area contributed by atoms with Gasteiger partial charge in [0, 0.05) is 17.7 Å². The predicted molar refractivity (Wildman–Crippen MR) is 88.6 cm³/mol. The second kappa shape index (κ2) is 7.42. The van der Waals surface area contributed by atoms with E-state index < -0.39 is 0 Å². The summed E-state index contributed by atoms with van der Waals surface area (Å²) in [6, 6.07) is 5.22. The number of nitrogens with zero attached hydrogens (tertiary/aromatic N) is 2. The molecule has 0 radical (unpaired) electrons. The Balaban J connectivity index is 1.88. The van der Waals surface area contributed by atoms with E-state index in [1.54, 1.807) is 18.2 Å². The molecule has 2 aromatic rings. The Morgan fingerprint density at radius 2 is 2.18 bits per heavy atom. The second-order valence-electron chi connectivity index (χ2n) is 4.85. The van der Waals surface area contributed by atoms with Gasteiger partial charge in [-0.1, -0.05) is 35.3 Å². The van der Waals surface area contributed by atoms with Gasteiger partial charge in [0.05, 0.1) is 22.0 Å². The number of carbonyl (C=O) groups is 1. The molecule has 5 nitrogen and oxygen atoms in total. The molecule has 22 heavy (non-hydrogen) atoms. The minimum atomic E-state index is -0.172. The summed E-state index contributed by atoms with van der Waals surface area (Å²) in [5.41, 5.74) is 6.09. The number of hydrogen-bond donors (Lipinski definition) is 2. The smallest absolute Gasteiger partial charge is 0.240 e. The maximum Gasteiger partial charge on any atom is 0.240 e. The molecule has 7 heteroatoms. The number of rotatable bonds is 5. The molecule has 0 aliphatic rings. The van der Waals surface area contributed by atoms with Gasteiger partial charge in [-0.05, 0) is 31.9 Å². The fourth-order valence-electron chi connectivity index (χ4n) is 2.03. The first-order valence-electron chi connectivity index (χ1n) is 6.75. The number of carbonyl (C=O) groups excluding carboxylic acids is 1. The van der Waals surface area contributed by atoms with Crippen LogP contribution in [-0.4, -0.2) is 22.3 Å². The molecule has 0 bridgehead atoms. The van der Waals surface area contributed by atoms with Crippen molar-refractivity contribution in [3.63, 3.8) is 0 Å². The number of nitrogens with one attached hydrogen (secondary N) is 2. The normalized spacial score (nSPS) is 11.1. The zero-order valence-electron chi connectivity index (χ0n) is 12.3. The monoisotopic (exact) mass is 338 g/mol. The summed E-state index contributed by atoms with van der Waals surface area (Å²) in [5.74, 6) is -0.172. The molecule has 0 saturated heterocycles. The van der Waals surface area contributed by atoms with E-state index in [1.807, 2.05) is 13.8 Å². The Morgan fingerprint density at radius 3 is 2.86 bits per heavy atom. The number of amides is 1. The lowest BCUT2D eigenvalue weighted by molar-refractivity contribution is -0.121. The third kappa shape index (κ3) is 4.08. The van der Waals surface area contributed by atoms with Crippen molar-refractivity contribution in [2.75, 3.05) is 0 Å². The number of halogens is 2.